The smallest absolute Gasteiger partial charge is 0.410 e. The molecule has 1 aromatic rings. The molecule has 0 aliphatic carbocycles. The Labute approximate surface area is 165 Å². The van der Waals surface area contributed by atoms with E-state index in [0.29, 0.717) is 50.5 Å². The lowest BCUT2D eigenvalue weighted by Crippen LogP contribution is -2.50. The minimum absolute atomic E-state index is 0.318. The molecule has 3 rings (SSSR count). The number of hydrogen-bond donors (Lipinski definition) is 1. The normalized spacial score (nSPS) is 19.5. The Morgan fingerprint density at radius 3 is 2.43 bits per heavy atom. The van der Waals surface area contributed by atoms with Crippen LogP contribution < -0.4 is 14.4 Å². The van der Waals surface area contributed by atoms with Crippen molar-refractivity contribution < 1.29 is 28.9 Å². The van der Waals surface area contributed by atoms with Crippen LogP contribution in [-0.4, -0.2) is 67.1 Å². The van der Waals surface area contributed by atoms with Crippen LogP contribution in [0.2, 0.25) is 0 Å². The molecular weight excluding hydrogens is 364 g/mol. The number of carboxylic acids is 1. The van der Waals surface area contributed by atoms with E-state index in [1.807, 2.05) is 32.9 Å². The van der Waals surface area contributed by atoms with Crippen LogP contribution in [0, 0.1) is 0 Å². The maximum absolute atomic E-state index is 12.3. The van der Waals surface area contributed by atoms with Crippen LogP contribution in [0.4, 0.5) is 10.5 Å². The number of benzene rings is 1. The molecule has 1 N–H and O–H groups in total. The minimum Gasteiger partial charge on any atom is -0.497 e. The molecule has 2 aliphatic rings. The van der Waals surface area contributed by atoms with Crippen LogP contribution in [0.3, 0.4) is 0 Å². The third-order valence-electron chi connectivity index (χ3n) is 4.84. The zero-order chi connectivity index (χ0) is 20.5. The second kappa shape index (κ2) is 7.77. The van der Waals surface area contributed by atoms with Crippen molar-refractivity contribution in [2.24, 2.45) is 0 Å². The largest absolute Gasteiger partial charge is 0.497 e. The van der Waals surface area contributed by atoms with Crippen LogP contribution in [0.15, 0.2) is 12.1 Å². The first-order valence-electron chi connectivity index (χ1n) is 9.51. The third kappa shape index (κ3) is 4.43. The number of hydrogen-bond acceptors (Lipinski definition) is 6. The topological polar surface area (TPSA) is 88.5 Å². The van der Waals surface area contributed by atoms with E-state index >= 15 is 0 Å². The average Bonchev–Trinajstić information content (AvgIpc) is 2.65. The summed E-state index contributed by atoms with van der Waals surface area (Å²) >= 11 is 0. The molecule has 154 valence electrons. The van der Waals surface area contributed by atoms with E-state index in [0.717, 1.165) is 11.3 Å². The first-order chi connectivity index (χ1) is 13.2. The van der Waals surface area contributed by atoms with Gasteiger partial charge in [-0.15, -0.1) is 0 Å². The summed E-state index contributed by atoms with van der Waals surface area (Å²) in [6.07, 6.45) is -0.111. The maximum Gasteiger partial charge on any atom is 0.410 e. The Balaban J connectivity index is 1.77. The molecule has 8 heteroatoms. The number of ether oxygens (including phenoxy) is 3. The predicted octanol–water partition coefficient (Wildman–Crippen LogP) is 2.53. The summed E-state index contributed by atoms with van der Waals surface area (Å²) < 4.78 is 16.7. The van der Waals surface area contributed by atoms with Gasteiger partial charge in [-0.2, -0.15) is 0 Å². The Bertz CT molecular complexity index is 750. The van der Waals surface area contributed by atoms with Crippen LogP contribution in [0.25, 0.3) is 0 Å². The molecule has 0 spiro atoms. The molecule has 1 atom stereocenters. The molecule has 2 aliphatic heterocycles. The van der Waals surface area contributed by atoms with Gasteiger partial charge in [-0.05, 0) is 39.7 Å². The number of piperazine rings is 1. The van der Waals surface area contributed by atoms with E-state index in [1.54, 1.807) is 12.0 Å². The highest BCUT2D eigenvalue weighted by Gasteiger charge is 2.32. The number of aliphatic carboxylic acids is 1. The van der Waals surface area contributed by atoms with Crippen molar-refractivity contribution in [1.82, 2.24) is 4.90 Å². The van der Waals surface area contributed by atoms with Gasteiger partial charge in [0.2, 0.25) is 0 Å². The quantitative estimate of drug-likeness (QED) is 0.845. The molecule has 2 heterocycles. The lowest BCUT2D eigenvalue weighted by molar-refractivity contribution is -0.145. The second-order valence-corrected chi connectivity index (χ2v) is 8.07. The van der Waals surface area contributed by atoms with E-state index in [4.69, 9.17) is 14.2 Å². The van der Waals surface area contributed by atoms with Crippen LogP contribution >= 0.6 is 0 Å². The van der Waals surface area contributed by atoms with E-state index in [2.05, 4.69) is 4.90 Å². The molecule has 0 aromatic heterocycles. The lowest BCUT2D eigenvalue weighted by atomic mass is 10.00. The van der Waals surface area contributed by atoms with Crippen molar-refractivity contribution in [2.75, 3.05) is 38.2 Å². The predicted molar refractivity (Wildman–Crippen MR) is 103 cm³/mol. The molecule has 1 fully saturated rings. The molecule has 1 amide bonds. The zero-order valence-corrected chi connectivity index (χ0v) is 16.9. The van der Waals surface area contributed by atoms with Gasteiger partial charge in [-0.3, -0.25) is 0 Å². The van der Waals surface area contributed by atoms with E-state index in [9.17, 15) is 14.7 Å². The molecule has 28 heavy (non-hydrogen) atoms. The van der Waals surface area contributed by atoms with Gasteiger partial charge in [-0.1, -0.05) is 0 Å². The fourth-order valence-electron chi connectivity index (χ4n) is 3.44. The van der Waals surface area contributed by atoms with Crippen molar-refractivity contribution in [3.8, 4) is 11.5 Å². The van der Waals surface area contributed by atoms with Crippen LogP contribution in [0.5, 0.6) is 11.5 Å². The monoisotopic (exact) mass is 392 g/mol. The van der Waals surface area contributed by atoms with Crippen molar-refractivity contribution in [3.05, 3.63) is 17.7 Å². The number of methoxy groups -OCH3 is 1. The van der Waals surface area contributed by atoms with Gasteiger partial charge in [0.05, 0.1) is 12.8 Å². The number of amides is 1. The number of fused-ring (bicyclic) bond motifs is 1. The number of carboxylic acid groups (broad SMARTS) is 1. The van der Waals surface area contributed by atoms with Gasteiger partial charge < -0.3 is 29.1 Å². The molecule has 0 unspecified atom stereocenters. The van der Waals surface area contributed by atoms with E-state index in [-0.39, 0.29) is 6.09 Å². The number of nitrogens with zero attached hydrogens (tertiary/aromatic N) is 2. The number of carbonyl (C=O) groups is 2. The maximum atomic E-state index is 12.3. The Morgan fingerprint density at radius 2 is 1.86 bits per heavy atom. The number of rotatable bonds is 3. The Morgan fingerprint density at radius 1 is 1.18 bits per heavy atom. The molecular formula is C20H28N2O6. The minimum atomic E-state index is -0.956. The van der Waals surface area contributed by atoms with Gasteiger partial charge in [0.15, 0.2) is 6.10 Å². The first-order valence-corrected chi connectivity index (χ1v) is 9.51. The standard InChI is InChI=1S/C20H28N2O6/c1-20(2,3)28-19(25)22-9-7-21(8-10-22)15-12-14(26-4)11-13-5-6-16(18(23)24)27-17(13)15/h11-12,16H,5-10H2,1-4H3,(H,23,24)/t16-/m0/s1. The molecule has 8 nitrogen and oxygen atoms in total. The Hall–Kier alpha value is -2.64. The molecule has 1 saturated heterocycles. The molecule has 0 bridgehead atoms. The number of anilines is 1. The summed E-state index contributed by atoms with van der Waals surface area (Å²) in [5, 5.41) is 9.33. The molecule has 0 radical (unpaired) electrons. The number of aryl methyl sites for hydroxylation is 1. The highest BCUT2D eigenvalue weighted by molar-refractivity contribution is 5.75. The van der Waals surface area contributed by atoms with Crippen molar-refractivity contribution in [2.45, 2.75) is 45.3 Å². The SMILES string of the molecule is COc1cc2c(c(N3CCN(C(=O)OC(C)(C)C)CC3)c1)O[C@H](C(=O)O)CC2. The summed E-state index contributed by atoms with van der Waals surface area (Å²) in [6.45, 7) is 7.77. The van der Waals surface area contributed by atoms with Crippen LogP contribution in [0.1, 0.15) is 32.8 Å². The summed E-state index contributed by atoms with van der Waals surface area (Å²) in [6, 6.07) is 3.76. The lowest BCUT2D eigenvalue weighted by Gasteiger charge is -2.38. The summed E-state index contributed by atoms with van der Waals surface area (Å²) in [4.78, 5) is 27.5. The highest BCUT2D eigenvalue weighted by atomic mass is 16.6. The second-order valence-electron chi connectivity index (χ2n) is 8.07. The van der Waals surface area contributed by atoms with E-state index < -0.39 is 17.7 Å². The van der Waals surface area contributed by atoms with E-state index in [1.165, 1.54) is 0 Å². The molecule has 1 aromatic carbocycles. The van der Waals surface area contributed by atoms with Crippen molar-refractivity contribution in [3.63, 3.8) is 0 Å². The van der Waals surface area contributed by atoms with Crippen molar-refractivity contribution in [1.29, 1.82) is 0 Å². The van der Waals surface area contributed by atoms with Gasteiger partial charge in [-0.25, -0.2) is 9.59 Å². The molecule has 0 saturated carbocycles. The fraction of sp³-hybridized carbons (Fsp3) is 0.600. The first kappa shape index (κ1) is 20.1. The summed E-state index contributed by atoms with van der Waals surface area (Å²) in [5.41, 5.74) is 1.23. The van der Waals surface area contributed by atoms with Crippen molar-refractivity contribution >= 4 is 17.7 Å². The van der Waals surface area contributed by atoms with Crippen LogP contribution in [-0.2, 0) is 16.0 Å². The summed E-state index contributed by atoms with van der Waals surface area (Å²) in [7, 11) is 1.61. The summed E-state index contributed by atoms with van der Waals surface area (Å²) in [5.74, 6) is 0.355. The van der Waals surface area contributed by atoms with Gasteiger partial charge in [0.25, 0.3) is 0 Å². The van der Waals surface area contributed by atoms with Gasteiger partial charge in [0, 0.05) is 37.8 Å². The number of carbonyl (C=O) groups excluding carboxylic acids is 1. The highest BCUT2D eigenvalue weighted by Crippen LogP contribution is 2.41. The fourth-order valence-corrected chi connectivity index (χ4v) is 3.44. The average molecular weight is 392 g/mol. The third-order valence-corrected chi connectivity index (χ3v) is 4.84. The van der Waals surface area contributed by atoms with Gasteiger partial charge in [0.1, 0.15) is 17.1 Å². The Kier molecular flexibility index (Phi) is 5.58. The zero-order valence-electron chi connectivity index (χ0n) is 16.9. The van der Waals surface area contributed by atoms with Gasteiger partial charge >= 0.3 is 12.1 Å².